The Balaban J connectivity index is 1.11. The smallest absolute Gasteiger partial charge is 0.181 e. The lowest BCUT2D eigenvalue weighted by molar-refractivity contribution is 0.0823. The van der Waals surface area contributed by atoms with E-state index in [0.29, 0.717) is 22.3 Å². The molecule has 7 heteroatoms. The van der Waals surface area contributed by atoms with Crippen LogP contribution in [0.15, 0.2) is 43.2 Å². The van der Waals surface area contributed by atoms with E-state index in [9.17, 15) is 0 Å². The highest BCUT2D eigenvalue weighted by molar-refractivity contribution is 8.16. The van der Waals surface area contributed by atoms with E-state index in [0.717, 1.165) is 57.0 Å². The largest absolute Gasteiger partial charge is 0.478 e. The summed E-state index contributed by atoms with van der Waals surface area (Å²) >= 11 is 0. The lowest BCUT2D eigenvalue weighted by Crippen LogP contribution is -2.38. The minimum absolute atomic E-state index is 0.394. The molecule has 1 aromatic carbocycles. The highest BCUT2D eigenvalue weighted by Gasteiger charge is 2.25. The Morgan fingerprint density at radius 1 is 1.02 bits per heavy atom. The van der Waals surface area contributed by atoms with E-state index < -0.39 is 0 Å². The molecule has 6 nitrogen and oxygen atoms in total. The van der Waals surface area contributed by atoms with Crippen LogP contribution >= 0.6 is 10.5 Å². The van der Waals surface area contributed by atoms with Crippen LogP contribution in [-0.2, 0) is 4.74 Å². The molecule has 1 saturated carbocycles. The molecule has 0 bridgehead atoms. The molecular formula is C39H55N5OS. The fourth-order valence-corrected chi connectivity index (χ4v) is 10.3. The maximum absolute atomic E-state index is 6.22. The predicted octanol–water partition coefficient (Wildman–Crippen LogP) is 8.24. The molecule has 6 rings (SSSR count). The van der Waals surface area contributed by atoms with Crippen LogP contribution < -0.4 is 0 Å². The molecule has 0 atom stereocenters. The van der Waals surface area contributed by atoms with E-state index in [1.165, 1.54) is 88.4 Å². The van der Waals surface area contributed by atoms with Crippen molar-refractivity contribution >= 4 is 32.1 Å². The molecule has 0 unspecified atom stereocenters. The standard InChI is InChI=1S/C39H55N5OS/c1-8-35(37-25-44-39(40-26-41-44)30(6)29(37)5)38(27(2)3)36-24-33(13-12-28(36)4)32-14-16-43(17-15-32)31(7)45-21-18-42-19-22-46(23-20-42)34-10-9-11-34/h12-13,24-27,32H,7-11,14-23H2,1-6H3/b38-35+. The van der Waals surface area contributed by atoms with Crippen LogP contribution in [-0.4, -0.2) is 80.1 Å². The van der Waals surface area contributed by atoms with Crippen molar-refractivity contribution in [1.29, 1.82) is 0 Å². The summed E-state index contributed by atoms with van der Waals surface area (Å²) in [5.41, 5.74) is 11.8. The highest BCUT2D eigenvalue weighted by Crippen LogP contribution is 2.40. The quantitative estimate of drug-likeness (QED) is 0.165. The Morgan fingerprint density at radius 3 is 2.41 bits per heavy atom. The van der Waals surface area contributed by atoms with E-state index in [2.05, 4.69) is 92.4 Å². The number of ether oxygens (including phenoxy) is 1. The number of hydrogen-bond acceptors (Lipinski definition) is 5. The minimum atomic E-state index is 0.394. The van der Waals surface area contributed by atoms with Gasteiger partial charge in [0.1, 0.15) is 12.9 Å². The fourth-order valence-electron chi connectivity index (χ4n) is 7.70. The van der Waals surface area contributed by atoms with Crippen LogP contribution in [0.25, 0.3) is 16.8 Å². The molecule has 2 aliphatic heterocycles. The van der Waals surface area contributed by atoms with Gasteiger partial charge in [-0.05, 0) is 127 Å². The topological polar surface area (TPSA) is 45.9 Å². The summed E-state index contributed by atoms with van der Waals surface area (Å²) in [6.07, 6.45) is 11.3. The highest BCUT2D eigenvalue weighted by atomic mass is 32.2. The Bertz CT molecular complexity index is 1630. The summed E-state index contributed by atoms with van der Waals surface area (Å²) in [6.45, 7) is 24.2. The first-order valence-corrected chi connectivity index (χ1v) is 19.3. The van der Waals surface area contributed by atoms with Gasteiger partial charge in [0, 0.05) is 50.4 Å². The lowest BCUT2D eigenvalue weighted by Gasteiger charge is -2.35. The average molecular weight is 642 g/mol. The first kappa shape index (κ1) is 33.0. The predicted molar refractivity (Wildman–Crippen MR) is 197 cm³/mol. The van der Waals surface area contributed by atoms with E-state index >= 15 is 0 Å². The SMILES string of the molecule is C=C(OCCN1CCS(=C2CCC2)CC1)N1CCC(c2ccc(C)c(/C(=C(\CC)c3cn4ncnc4c(C)c3C)C(C)C)c2)CC1. The van der Waals surface area contributed by atoms with Gasteiger partial charge in [-0.25, -0.2) is 9.50 Å². The van der Waals surface area contributed by atoms with Crippen molar-refractivity contribution in [3.8, 4) is 0 Å². The molecule has 4 heterocycles. The average Bonchev–Trinajstić information content (AvgIpc) is 3.51. The van der Waals surface area contributed by atoms with Crippen LogP contribution in [0.3, 0.4) is 0 Å². The maximum Gasteiger partial charge on any atom is 0.181 e. The summed E-state index contributed by atoms with van der Waals surface area (Å²) < 4.78 is 8.16. The van der Waals surface area contributed by atoms with Gasteiger partial charge in [-0.1, -0.05) is 39.0 Å². The van der Waals surface area contributed by atoms with Gasteiger partial charge in [-0.2, -0.15) is 15.6 Å². The second-order valence-corrected chi connectivity index (χ2v) is 16.3. The molecule has 248 valence electrons. The van der Waals surface area contributed by atoms with Crippen molar-refractivity contribution in [1.82, 2.24) is 24.4 Å². The second kappa shape index (κ2) is 14.5. The number of benzene rings is 1. The number of likely N-dealkylation sites (tertiary alicyclic amines) is 1. The summed E-state index contributed by atoms with van der Waals surface area (Å²) in [7, 11) is 0.614. The van der Waals surface area contributed by atoms with Gasteiger partial charge in [0.05, 0.1) is 0 Å². The van der Waals surface area contributed by atoms with E-state index in [4.69, 9.17) is 4.74 Å². The molecule has 3 fully saturated rings. The molecule has 3 aliphatic rings. The summed E-state index contributed by atoms with van der Waals surface area (Å²) in [5, 5.41) is 4.50. The van der Waals surface area contributed by atoms with Gasteiger partial charge in [0.15, 0.2) is 11.5 Å². The van der Waals surface area contributed by atoms with Crippen molar-refractivity contribution in [2.75, 3.05) is 50.8 Å². The second-order valence-electron chi connectivity index (χ2n) is 13.9. The van der Waals surface area contributed by atoms with Crippen molar-refractivity contribution in [3.63, 3.8) is 0 Å². The van der Waals surface area contributed by atoms with Gasteiger partial charge in [0.2, 0.25) is 0 Å². The molecule has 0 N–H and O–H groups in total. The third-order valence-electron chi connectivity index (χ3n) is 10.9. The Morgan fingerprint density at radius 2 is 1.76 bits per heavy atom. The summed E-state index contributed by atoms with van der Waals surface area (Å²) in [5.74, 6) is 4.55. The molecule has 46 heavy (non-hydrogen) atoms. The summed E-state index contributed by atoms with van der Waals surface area (Å²) in [4.78, 5) is 11.3. The number of piperidine rings is 1. The third kappa shape index (κ3) is 6.87. The summed E-state index contributed by atoms with van der Waals surface area (Å²) in [6, 6.07) is 7.23. The molecule has 2 aromatic heterocycles. The fraction of sp³-hybridized carbons (Fsp3) is 0.564. The van der Waals surface area contributed by atoms with Crippen LogP contribution in [0.4, 0.5) is 0 Å². The van der Waals surface area contributed by atoms with Crippen molar-refractivity contribution in [3.05, 3.63) is 76.6 Å². The van der Waals surface area contributed by atoms with Gasteiger partial charge < -0.3 is 9.64 Å². The normalized spacial score (nSPS) is 19.1. The number of nitrogens with zero attached hydrogens (tertiary/aromatic N) is 5. The molecule has 0 amide bonds. The van der Waals surface area contributed by atoms with Crippen LogP contribution in [0, 0.1) is 26.7 Å². The van der Waals surface area contributed by atoms with Crippen LogP contribution in [0.2, 0.25) is 0 Å². The Labute approximate surface area is 279 Å². The lowest BCUT2D eigenvalue weighted by atomic mass is 9.81. The van der Waals surface area contributed by atoms with Gasteiger partial charge in [0.25, 0.3) is 0 Å². The van der Waals surface area contributed by atoms with Crippen molar-refractivity contribution < 1.29 is 4.74 Å². The molecule has 3 aromatic rings. The zero-order valence-corrected chi connectivity index (χ0v) is 30.0. The number of fused-ring (bicyclic) bond motifs is 1. The molecule has 2 saturated heterocycles. The number of rotatable bonds is 10. The van der Waals surface area contributed by atoms with Crippen molar-refractivity contribution in [2.24, 2.45) is 5.92 Å². The van der Waals surface area contributed by atoms with E-state index in [-0.39, 0.29) is 0 Å². The first-order valence-electron chi connectivity index (χ1n) is 17.7. The number of hydrogen-bond donors (Lipinski definition) is 0. The van der Waals surface area contributed by atoms with Crippen molar-refractivity contribution in [2.45, 2.75) is 86.0 Å². The monoisotopic (exact) mass is 641 g/mol. The molecule has 0 radical (unpaired) electrons. The van der Waals surface area contributed by atoms with E-state index in [1.54, 1.807) is 6.33 Å². The number of pyridine rings is 1. The van der Waals surface area contributed by atoms with Gasteiger partial charge in [-0.15, -0.1) is 0 Å². The Hall–Kier alpha value is -2.90. The maximum atomic E-state index is 6.22. The zero-order chi connectivity index (χ0) is 32.4. The molecular weight excluding hydrogens is 587 g/mol. The van der Waals surface area contributed by atoms with Crippen LogP contribution in [0.5, 0.6) is 0 Å². The van der Waals surface area contributed by atoms with Gasteiger partial charge >= 0.3 is 0 Å². The van der Waals surface area contributed by atoms with Gasteiger partial charge in [-0.3, -0.25) is 4.90 Å². The zero-order valence-electron chi connectivity index (χ0n) is 29.2. The van der Waals surface area contributed by atoms with E-state index in [1.807, 2.05) is 9.38 Å². The third-order valence-corrected chi connectivity index (χ3v) is 13.5. The number of aromatic nitrogens is 3. The van der Waals surface area contributed by atoms with Crippen LogP contribution in [0.1, 0.15) is 98.6 Å². The minimum Gasteiger partial charge on any atom is -0.478 e. The Kier molecular flexibility index (Phi) is 10.4. The number of allylic oxidation sites excluding steroid dienone is 2. The number of aryl methyl sites for hydroxylation is 2. The molecule has 1 aliphatic carbocycles. The molecule has 0 spiro atoms. The first-order chi connectivity index (χ1) is 22.2.